The van der Waals surface area contributed by atoms with Crippen molar-refractivity contribution in [2.45, 2.75) is 46.6 Å². The average Bonchev–Trinajstić information content (AvgIpc) is 2.99. The molecule has 3 rings (SSSR count). The first-order valence-corrected chi connectivity index (χ1v) is 7.71. The molecule has 0 radical (unpaired) electrons. The first-order valence-electron chi connectivity index (χ1n) is 7.71. The summed E-state index contributed by atoms with van der Waals surface area (Å²) in [5.74, 6) is 3.21. The van der Waals surface area contributed by atoms with Crippen LogP contribution in [0.15, 0.2) is 10.5 Å². The van der Waals surface area contributed by atoms with Gasteiger partial charge in [-0.3, -0.25) is 4.79 Å². The van der Waals surface area contributed by atoms with Crippen LogP contribution in [0.5, 0.6) is 0 Å². The molecule has 22 heavy (non-hydrogen) atoms. The SMILES string of the molecule is Cc1nc(C)n(C2CCCN(C(=O)c3cc(C)oc3C)C2)n1. The van der Waals surface area contributed by atoms with Gasteiger partial charge in [0.2, 0.25) is 0 Å². The highest BCUT2D eigenvalue weighted by atomic mass is 16.3. The van der Waals surface area contributed by atoms with Gasteiger partial charge in [0.1, 0.15) is 23.2 Å². The number of amides is 1. The summed E-state index contributed by atoms with van der Waals surface area (Å²) in [6.45, 7) is 9.02. The summed E-state index contributed by atoms with van der Waals surface area (Å²) in [5.41, 5.74) is 0.671. The van der Waals surface area contributed by atoms with Gasteiger partial charge in [0.25, 0.3) is 5.91 Å². The molecule has 0 aliphatic carbocycles. The normalized spacial score (nSPS) is 18.7. The van der Waals surface area contributed by atoms with E-state index in [0.29, 0.717) is 17.9 Å². The Kier molecular flexibility index (Phi) is 3.76. The maximum atomic E-state index is 12.7. The van der Waals surface area contributed by atoms with Crippen molar-refractivity contribution in [3.63, 3.8) is 0 Å². The third-order valence-electron chi connectivity index (χ3n) is 4.21. The number of rotatable bonds is 2. The molecule has 2 aromatic heterocycles. The number of hydrogen-bond acceptors (Lipinski definition) is 4. The van der Waals surface area contributed by atoms with E-state index in [-0.39, 0.29) is 11.9 Å². The minimum Gasteiger partial charge on any atom is -0.466 e. The molecule has 6 nitrogen and oxygen atoms in total. The first kappa shape index (κ1) is 14.8. The van der Waals surface area contributed by atoms with Gasteiger partial charge in [-0.05, 0) is 46.6 Å². The van der Waals surface area contributed by atoms with Crippen LogP contribution < -0.4 is 0 Å². The van der Waals surface area contributed by atoms with Crippen molar-refractivity contribution in [1.82, 2.24) is 19.7 Å². The molecule has 1 saturated heterocycles. The fraction of sp³-hybridized carbons (Fsp3) is 0.562. The summed E-state index contributed by atoms with van der Waals surface area (Å²) < 4.78 is 7.45. The Morgan fingerprint density at radius 3 is 2.68 bits per heavy atom. The maximum Gasteiger partial charge on any atom is 0.257 e. The number of hydrogen-bond donors (Lipinski definition) is 0. The lowest BCUT2D eigenvalue weighted by Crippen LogP contribution is -2.41. The van der Waals surface area contributed by atoms with Crippen molar-refractivity contribution in [3.05, 3.63) is 34.8 Å². The topological polar surface area (TPSA) is 64.2 Å². The zero-order valence-corrected chi connectivity index (χ0v) is 13.6. The lowest BCUT2D eigenvalue weighted by atomic mass is 10.0. The summed E-state index contributed by atoms with van der Waals surface area (Å²) >= 11 is 0. The number of carbonyl (C=O) groups excluding carboxylic acids is 1. The molecule has 1 unspecified atom stereocenters. The molecule has 0 aromatic carbocycles. The number of aryl methyl sites for hydroxylation is 4. The first-order chi connectivity index (χ1) is 10.5. The highest BCUT2D eigenvalue weighted by Crippen LogP contribution is 2.25. The monoisotopic (exact) mass is 302 g/mol. The summed E-state index contributed by atoms with van der Waals surface area (Å²) in [4.78, 5) is 19.0. The molecular weight excluding hydrogens is 280 g/mol. The Morgan fingerprint density at radius 1 is 1.32 bits per heavy atom. The van der Waals surface area contributed by atoms with Gasteiger partial charge < -0.3 is 9.32 Å². The number of carbonyl (C=O) groups is 1. The highest BCUT2D eigenvalue weighted by Gasteiger charge is 2.28. The minimum absolute atomic E-state index is 0.0496. The van der Waals surface area contributed by atoms with E-state index in [9.17, 15) is 4.79 Å². The van der Waals surface area contributed by atoms with E-state index in [1.807, 2.05) is 43.3 Å². The van der Waals surface area contributed by atoms with Crippen LogP contribution in [-0.4, -0.2) is 38.7 Å². The Morgan fingerprint density at radius 2 is 2.09 bits per heavy atom. The lowest BCUT2D eigenvalue weighted by Gasteiger charge is -2.33. The molecule has 2 aromatic rings. The number of aromatic nitrogens is 3. The molecule has 0 spiro atoms. The van der Waals surface area contributed by atoms with E-state index in [1.54, 1.807) is 0 Å². The third-order valence-corrected chi connectivity index (χ3v) is 4.21. The Balaban J connectivity index is 1.80. The van der Waals surface area contributed by atoms with E-state index in [0.717, 1.165) is 36.8 Å². The summed E-state index contributed by atoms with van der Waals surface area (Å²) in [5, 5.41) is 4.47. The molecule has 1 aliphatic rings. The van der Waals surface area contributed by atoms with Crippen molar-refractivity contribution in [2.24, 2.45) is 0 Å². The third kappa shape index (κ3) is 2.65. The van der Waals surface area contributed by atoms with E-state index in [2.05, 4.69) is 10.1 Å². The van der Waals surface area contributed by atoms with E-state index >= 15 is 0 Å². The van der Waals surface area contributed by atoms with Gasteiger partial charge >= 0.3 is 0 Å². The second kappa shape index (κ2) is 5.59. The van der Waals surface area contributed by atoms with E-state index < -0.39 is 0 Å². The predicted octanol–water partition coefficient (Wildman–Crippen LogP) is 2.58. The molecule has 0 saturated carbocycles. The molecule has 118 valence electrons. The van der Waals surface area contributed by atoms with Crippen molar-refractivity contribution in [2.75, 3.05) is 13.1 Å². The van der Waals surface area contributed by atoms with Crippen LogP contribution in [0.4, 0.5) is 0 Å². The van der Waals surface area contributed by atoms with Gasteiger partial charge in [-0.25, -0.2) is 9.67 Å². The quantitative estimate of drug-likeness (QED) is 0.855. The van der Waals surface area contributed by atoms with Crippen LogP contribution >= 0.6 is 0 Å². The van der Waals surface area contributed by atoms with Gasteiger partial charge in [-0.15, -0.1) is 0 Å². The zero-order valence-electron chi connectivity index (χ0n) is 13.6. The molecule has 1 fully saturated rings. The van der Waals surface area contributed by atoms with Crippen LogP contribution in [0.25, 0.3) is 0 Å². The lowest BCUT2D eigenvalue weighted by molar-refractivity contribution is 0.0669. The Bertz CT molecular complexity index is 701. The molecule has 0 N–H and O–H groups in total. The smallest absolute Gasteiger partial charge is 0.257 e. The molecule has 1 aliphatic heterocycles. The number of likely N-dealkylation sites (tertiary alicyclic amines) is 1. The van der Waals surface area contributed by atoms with Gasteiger partial charge in [-0.1, -0.05) is 0 Å². The number of nitrogens with zero attached hydrogens (tertiary/aromatic N) is 4. The minimum atomic E-state index is 0.0496. The largest absolute Gasteiger partial charge is 0.466 e. The molecule has 3 heterocycles. The van der Waals surface area contributed by atoms with Crippen LogP contribution in [0.3, 0.4) is 0 Å². The van der Waals surface area contributed by atoms with Crippen LogP contribution in [0.1, 0.15) is 52.4 Å². The van der Waals surface area contributed by atoms with Crippen molar-refractivity contribution in [1.29, 1.82) is 0 Å². The fourth-order valence-electron chi connectivity index (χ4n) is 3.23. The maximum absolute atomic E-state index is 12.7. The zero-order chi connectivity index (χ0) is 15.9. The average molecular weight is 302 g/mol. The Hall–Kier alpha value is -2.11. The van der Waals surface area contributed by atoms with E-state index in [1.165, 1.54) is 0 Å². The van der Waals surface area contributed by atoms with Gasteiger partial charge in [-0.2, -0.15) is 5.10 Å². The second-order valence-electron chi connectivity index (χ2n) is 6.02. The van der Waals surface area contributed by atoms with Crippen molar-refractivity contribution >= 4 is 5.91 Å². The van der Waals surface area contributed by atoms with Crippen LogP contribution in [0, 0.1) is 27.7 Å². The summed E-state index contributed by atoms with van der Waals surface area (Å²) in [6.07, 6.45) is 2.00. The molecular formula is C16H22N4O2. The van der Waals surface area contributed by atoms with Crippen molar-refractivity contribution < 1.29 is 9.21 Å². The molecule has 1 atom stereocenters. The summed E-state index contributed by atoms with van der Waals surface area (Å²) in [6, 6.07) is 2.03. The second-order valence-corrected chi connectivity index (χ2v) is 6.02. The number of piperidine rings is 1. The summed E-state index contributed by atoms with van der Waals surface area (Å²) in [7, 11) is 0. The van der Waals surface area contributed by atoms with Crippen molar-refractivity contribution in [3.8, 4) is 0 Å². The van der Waals surface area contributed by atoms with Gasteiger partial charge in [0.05, 0.1) is 11.6 Å². The van der Waals surface area contributed by atoms with Gasteiger partial charge in [0, 0.05) is 13.1 Å². The van der Waals surface area contributed by atoms with Crippen LogP contribution in [-0.2, 0) is 0 Å². The molecule has 6 heteroatoms. The Labute approximate surface area is 130 Å². The van der Waals surface area contributed by atoms with E-state index in [4.69, 9.17) is 4.42 Å². The number of furan rings is 1. The molecule has 0 bridgehead atoms. The highest BCUT2D eigenvalue weighted by molar-refractivity contribution is 5.95. The van der Waals surface area contributed by atoms with Gasteiger partial charge in [0.15, 0.2) is 0 Å². The standard InChI is InChI=1S/C16H22N4O2/c1-10-8-15(11(2)22-10)16(21)19-7-5-6-14(9-19)20-13(4)17-12(3)18-20/h8,14H,5-7,9H2,1-4H3. The van der Waals surface area contributed by atoms with Crippen LogP contribution in [0.2, 0.25) is 0 Å². The fourth-order valence-corrected chi connectivity index (χ4v) is 3.23. The predicted molar refractivity (Wildman–Crippen MR) is 81.9 cm³/mol. The molecule has 1 amide bonds.